The molecule has 8 nitrogen and oxygen atoms in total. The van der Waals surface area contributed by atoms with Crippen molar-refractivity contribution in [3.63, 3.8) is 0 Å². The number of rotatable bonds is 5. The van der Waals surface area contributed by atoms with Gasteiger partial charge < -0.3 is 25.2 Å². The smallest absolute Gasteiger partial charge is 0.407 e. The Hall–Kier alpha value is -2.09. The predicted molar refractivity (Wildman–Crippen MR) is 74.7 cm³/mol. The molecule has 2 aliphatic rings. The third-order valence-corrected chi connectivity index (χ3v) is 4.20. The molecule has 2 amide bonds. The second-order valence-corrected chi connectivity index (χ2v) is 5.54. The van der Waals surface area contributed by atoms with Crippen molar-refractivity contribution in [1.29, 1.82) is 0 Å². The van der Waals surface area contributed by atoms with Gasteiger partial charge in [-0.05, 0) is 13.8 Å². The van der Waals surface area contributed by atoms with Gasteiger partial charge in [0.25, 0.3) is 0 Å². The van der Waals surface area contributed by atoms with Crippen molar-refractivity contribution in [2.24, 2.45) is 11.8 Å². The minimum absolute atomic E-state index is 0.135. The molecule has 0 spiro atoms. The molecule has 0 unspecified atom stereocenters. The topological polar surface area (TPSA) is 116 Å². The molecule has 2 rings (SSSR count). The Morgan fingerprint density at radius 2 is 2.09 bits per heavy atom. The first kappa shape index (κ1) is 16.3. The highest BCUT2D eigenvalue weighted by molar-refractivity contribution is 6.00. The second-order valence-electron chi connectivity index (χ2n) is 5.54. The van der Waals surface area contributed by atoms with Crippen molar-refractivity contribution in [1.82, 2.24) is 10.2 Å². The lowest BCUT2D eigenvalue weighted by molar-refractivity contribution is -0.163. The van der Waals surface area contributed by atoms with Gasteiger partial charge in [-0.3, -0.25) is 4.79 Å². The Balaban J connectivity index is 2.22. The summed E-state index contributed by atoms with van der Waals surface area (Å²) in [5.74, 6) is -2.55. The van der Waals surface area contributed by atoms with E-state index in [1.807, 2.05) is 0 Å². The molecule has 0 aliphatic carbocycles. The number of carboxylic acids is 1. The number of fused-ring (bicyclic) bond motifs is 1. The number of carbonyl (C=O) groups excluding carboxylic acids is 2. The first-order valence-corrected chi connectivity index (χ1v) is 7.19. The molecule has 8 heteroatoms. The molecule has 4 atom stereocenters. The Kier molecular flexibility index (Phi) is 4.41. The molecule has 122 valence electrons. The van der Waals surface area contributed by atoms with E-state index >= 15 is 0 Å². The number of aliphatic carboxylic acids is 1. The molecule has 22 heavy (non-hydrogen) atoms. The highest BCUT2D eigenvalue weighted by Crippen LogP contribution is 2.47. The van der Waals surface area contributed by atoms with Crippen LogP contribution in [0.15, 0.2) is 11.3 Å². The SMILES string of the molecule is CCNC(=O)OCC1=C(C(=O)O)N2C(=O)[C@H]([C@@H](C)O)[C@H]2[C@H]1C. The molecule has 0 aromatic heterocycles. The van der Waals surface area contributed by atoms with Gasteiger partial charge in [0.2, 0.25) is 5.91 Å². The van der Waals surface area contributed by atoms with Crippen molar-refractivity contribution in [3.8, 4) is 0 Å². The van der Waals surface area contributed by atoms with Crippen molar-refractivity contribution in [3.05, 3.63) is 11.3 Å². The molecular weight excluding hydrogens is 292 g/mol. The minimum Gasteiger partial charge on any atom is -0.477 e. The van der Waals surface area contributed by atoms with Crippen molar-refractivity contribution in [2.45, 2.75) is 32.9 Å². The van der Waals surface area contributed by atoms with E-state index in [1.165, 1.54) is 11.8 Å². The van der Waals surface area contributed by atoms with E-state index in [-0.39, 0.29) is 18.2 Å². The summed E-state index contributed by atoms with van der Waals surface area (Å²) in [5.41, 5.74) is 0.254. The van der Waals surface area contributed by atoms with Gasteiger partial charge >= 0.3 is 12.1 Å². The number of aliphatic hydroxyl groups is 1. The maximum Gasteiger partial charge on any atom is 0.407 e. The van der Waals surface area contributed by atoms with E-state index in [9.17, 15) is 24.6 Å². The van der Waals surface area contributed by atoms with E-state index < -0.39 is 36.0 Å². The summed E-state index contributed by atoms with van der Waals surface area (Å²) in [4.78, 5) is 36.1. The number of aliphatic hydroxyl groups excluding tert-OH is 1. The van der Waals surface area contributed by atoms with Crippen LogP contribution in [0.4, 0.5) is 4.79 Å². The molecule has 1 saturated heterocycles. The Morgan fingerprint density at radius 3 is 2.59 bits per heavy atom. The van der Waals surface area contributed by atoms with Crippen LogP contribution in [-0.2, 0) is 14.3 Å². The fourth-order valence-corrected chi connectivity index (χ4v) is 3.17. The summed E-state index contributed by atoms with van der Waals surface area (Å²) in [5, 5.41) is 21.5. The zero-order valence-corrected chi connectivity index (χ0v) is 12.7. The van der Waals surface area contributed by atoms with Crippen LogP contribution in [0.3, 0.4) is 0 Å². The molecule has 2 aliphatic heterocycles. The number of amides is 2. The summed E-state index contributed by atoms with van der Waals surface area (Å²) in [6.07, 6.45) is -1.49. The van der Waals surface area contributed by atoms with E-state index in [1.54, 1.807) is 13.8 Å². The monoisotopic (exact) mass is 312 g/mol. The maximum atomic E-state index is 12.1. The number of nitrogens with one attached hydrogen (secondary N) is 1. The summed E-state index contributed by atoms with van der Waals surface area (Å²) < 4.78 is 5.00. The number of alkyl carbamates (subject to hydrolysis) is 1. The van der Waals surface area contributed by atoms with Crippen LogP contribution in [0, 0.1) is 11.8 Å². The third-order valence-electron chi connectivity index (χ3n) is 4.20. The maximum absolute atomic E-state index is 12.1. The molecule has 0 aromatic rings. The zero-order chi connectivity index (χ0) is 16.6. The Bertz CT molecular complexity index is 541. The fraction of sp³-hybridized carbons (Fsp3) is 0.643. The third kappa shape index (κ3) is 2.43. The first-order valence-electron chi connectivity index (χ1n) is 7.19. The molecular formula is C14H20N2O6. The number of β-lactam (4-membered cyclic amide) rings is 1. The number of hydrogen-bond acceptors (Lipinski definition) is 5. The second kappa shape index (κ2) is 5.96. The number of ether oxygens (including phenoxy) is 1. The van der Waals surface area contributed by atoms with Crippen LogP contribution in [0.25, 0.3) is 0 Å². The Labute approximate surface area is 127 Å². The summed E-state index contributed by atoms with van der Waals surface area (Å²) >= 11 is 0. The summed E-state index contributed by atoms with van der Waals surface area (Å²) in [7, 11) is 0. The van der Waals surface area contributed by atoms with Crippen LogP contribution < -0.4 is 5.32 Å². The quantitative estimate of drug-likeness (QED) is 0.612. The van der Waals surface area contributed by atoms with E-state index in [4.69, 9.17) is 4.74 Å². The highest BCUT2D eigenvalue weighted by atomic mass is 16.5. The number of carboxylic acid groups (broad SMARTS) is 1. The van der Waals surface area contributed by atoms with Gasteiger partial charge in [-0.2, -0.15) is 0 Å². The van der Waals surface area contributed by atoms with Gasteiger partial charge in [0.15, 0.2) is 0 Å². The van der Waals surface area contributed by atoms with Gasteiger partial charge in [-0.1, -0.05) is 6.92 Å². The zero-order valence-electron chi connectivity index (χ0n) is 12.7. The number of carbonyl (C=O) groups is 3. The Morgan fingerprint density at radius 1 is 1.45 bits per heavy atom. The van der Waals surface area contributed by atoms with Crippen LogP contribution in [-0.4, -0.2) is 58.4 Å². The van der Waals surface area contributed by atoms with Gasteiger partial charge in [0.05, 0.1) is 18.1 Å². The average molecular weight is 312 g/mol. The molecule has 2 heterocycles. The largest absolute Gasteiger partial charge is 0.477 e. The van der Waals surface area contributed by atoms with Crippen LogP contribution in [0.2, 0.25) is 0 Å². The van der Waals surface area contributed by atoms with Crippen LogP contribution in [0.1, 0.15) is 20.8 Å². The van der Waals surface area contributed by atoms with Gasteiger partial charge in [-0.15, -0.1) is 0 Å². The summed E-state index contributed by atoms with van der Waals surface area (Å²) in [6.45, 7) is 5.22. The predicted octanol–water partition coefficient (Wildman–Crippen LogP) is -0.0713. The molecule has 0 bridgehead atoms. The van der Waals surface area contributed by atoms with Crippen molar-refractivity contribution >= 4 is 18.0 Å². The number of nitrogens with zero attached hydrogens (tertiary/aromatic N) is 1. The lowest BCUT2D eigenvalue weighted by Gasteiger charge is -2.46. The van der Waals surface area contributed by atoms with E-state index in [2.05, 4.69) is 5.32 Å². The van der Waals surface area contributed by atoms with Gasteiger partial charge in [-0.25, -0.2) is 9.59 Å². The van der Waals surface area contributed by atoms with Gasteiger partial charge in [0.1, 0.15) is 12.3 Å². The molecule has 1 fully saturated rings. The van der Waals surface area contributed by atoms with Crippen molar-refractivity contribution < 1.29 is 29.3 Å². The standard InChI is InChI=1S/C14H20N2O6/c1-4-15-14(21)22-5-8-6(2)10-9(7(3)17)12(18)16(10)11(8)13(19)20/h6-7,9-10,17H,4-5H2,1-3H3,(H,15,21)(H,19,20)/t6-,7+,9+,10+/m0/s1. The molecule has 0 radical (unpaired) electrons. The lowest BCUT2D eigenvalue weighted by atomic mass is 9.78. The summed E-state index contributed by atoms with van der Waals surface area (Å²) in [6, 6.07) is -0.397. The fourth-order valence-electron chi connectivity index (χ4n) is 3.17. The van der Waals surface area contributed by atoms with E-state index in [0.29, 0.717) is 12.1 Å². The van der Waals surface area contributed by atoms with Gasteiger partial charge in [0, 0.05) is 18.0 Å². The van der Waals surface area contributed by atoms with Crippen LogP contribution >= 0.6 is 0 Å². The highest BCUT2D eigenvalue weighted by Gasteiger charge is 2.59. The number of hydrogen-bond donors (Lipinski definition) is 3. The molecule has 0 saturated carbocycles. The molecule has 3 N–H and O–H groups in total. The van der Waals surface area contributed by atoms with Crippen molar-refractivity contribution in [2.75, 3.05) is 13.2 Å². The first-order chi connectivity index (χ1) is 10.3. The normalized spacial score (nSPS) is 28.1. The minimum atomic E-state index is -1.23. The average Bonchev–Trinajstić information content (AvgIpc) is 2.66. The lowest BCUT2D eigenvalue weighted by Crippen LogP contribution is -2.63. The van der Waals surface area contributed by atoms with Crippen LogP contribution in [0.5, 0.6) is 0 Å². The molecule has 0 aromatic carbocycles. The van der Waals surface area contributed by atoms with E-state index in [0.717, 1.165) is 0 Å².